The number of halogens is 1. The number of amides is 1. The summed E-state index contributed by atoms with van der Waals surface area (Å²) in [6.45, 7) is 2.43. The summed E-state index contributed by atoms with van der Waals surface area (Å²) in [6, 6.07) is 2.23. The van der Waals surface area contributed by atoms with E-state index in [1.54, 1.807) is 4.90 Å². The normalized spacial score (nSPS) is 17.4. The lowest BCUT2D eigenvalue weighted by molar-refractivity contribution is -0.385. The maximum absolute atomic E-state index is 11.3. The van der Waals surface area contributed by atoms with Crippen LogP contribution in [0.2, 0.25) is 0 Å². The second kappa shape index (κ2) is 6.30. The summed E-state index contributed by atoms with van der Waals surface area (Å²) in [4.78, 5) is 34.2. The lowest BCUT2D eigenvalue weighted by Crippen LogP contribution is -2.28. The van der Waals surface area contributed by atoms with Crippen LogP contribution in [0.25, 0.3) is 0 Å². The molecule has 1 aliphatic heterocycles. The predicted molar refractivity (Wildman–Crippen MR) is 79.0 cm³/mol. The Morgan fingerprint density at radius 1 is 1.50 bits per heavy atom. The van der Waals surface area contributed by atoms with Crippen molar-refractivity contribution in [3.63, 3.8) is 0 Å². The third-order valence-corrected chi connectivity index (χ3v) is 3.98. The molecule has 1 heterocycles. The van der Waals surface area contributed by atoms with E-state index in [4.69, 9.17) is 9.84 Å². The number of nitro benzene ring substituents is 1. The van der Waals surface area contributed by atoms with Gasteiger partial charge in [-0.05, 0) is 15.9 Å². The number of carboxylic acids is 1. The summed E-state index contributed by atoms with van der Waals surface area (Å²) in [5.41, 5.74) is -0.951. The van der Waals surface area contributed by atoms with Gasteiger partial charge in [-0.3, -0.25) is 14.9 Å². The Morgan fingerprint density at radius 3 is 2.68 bits per heavy atom. The quantitative estimate of drug-likeness (QED) is 0.639. The van der Waals surface area contributed by atoms with Crippen LogP contribution in [0.5, 0.6) is 5.75 Å². The van der Waals surface area contributed by atoms with Gasteiger partial charge in [0.25, 0.3) is 5.69 Å². The highest BCUT2D eigenvalue weighted by atomic mass is 79.9. The summed E-state index contributed by atoms with van der Waals surface area (Å²) in [5.74, 6) is -1.25. The van der Waals surface area contributed by atoms with Crippen LogP contribution >= 0.6 is 15.9 Å². The summed E-state index contributed by atoms with van der Waals surface area (Å²) < 4.78 is 5.98. The number of carboxylic acid groups (broad SMARTS) is 1. The van der Waals surface area contributed by atoms with Crippen LogP contribution in [0.4, 0.5) is 5.69 Å². The minimum atomic E-state index is -1.40. The number of ether oxygens (including phenoxy) is 1. The number of nitro groups is 1. The van der Waals surface area contributed by atoms with Gasteiger partial charge in [0.05, 0.1) is 15.9 Å². The van der Waals surface area contributed by atoms with Gasteiger partial charge in [-0.25, -0.2) is 4.79 Å². The van der Waals surface area contributed by atoms with E-state index in [-0.39, 0.29) is 17.8 Å². The first kappa shape index (κ1) is 16.2. The molecule has 1 atom stereocenters. The first-order valence-electron chi connectivity index (χ1n) is 6.43. The lowest BCUT2D eigenvalue weighted by atomic mass is 10.1. The van der Waals surface area contributed by atoms with Gasteiger partial charge in [0, 0.05) is 32.0 Å². The zero-order chi connectivity index (χ0) is 16.4. The molecule has 1 aliphatic rings. The van der Waals surface area contributed by atoms with Gasteiger partial charge in [0.1, 0.15) is 17.4 Å². The second-order valence-corrected chi connectivity index (χ2v) is 5.71. The molecule has 0 saturated carbocycles. The molecule has 22 heavy (non-hydrogen) atoms. The highest BCUT2D eigenvalue weighted by Gasteiger charge is 2.28. The smallest absolute Gasteiger partial charge is 0.342 e. The molecule has 1 N–H and O–H groups in total. The van der Waals surface area contributed by atoms with Crippen molar-refractivity contribution < 1.29 is 24.4 Å². The zero-order valence-corrected chi connectivity index (χ0v) is 13.2. The number of benzene rings is 1. The Balaban J connectivity index is 2.25. The third-order valence-electron chi connectivity index (χ3n) is 3.36. The van der Waals surface area contributed by atoms with E-state index < -0.39 is 22.1 Å². The van der Waals surface area contributed by atoms with Crippen molar-refractivity contribution in [2.75, 3.05) is 13.1 Å². The largest absolute Gasteiger partial charge is 0.487 e. The van der Waals surface area contributed by atoms with E-state index in [9.17, 15) is 19.7 Å². The van der Waals surface area contributed by atoms with E-state index in [1.807, 2.05) is 0 Å². The fourth-order valence-corrected chi connectivity index (χ4v) is 2.67. The van der Waals surface area contributed by atoms with Gasteiger partial charge in [-0.1, -0.05) is 0 Å². The van der Waals surface area contributed by atoms with Crippen molar-refractivity contribution in [3.05, 3.63) is 32.3 Å². The van der Waals surface area contributed by atoms with Gasteiger partial charge in [-0.2, -0.15) is 0 Å². The fourth-order valence-electron chi connectivity index (χ4n) is 2.25. The number of carbonyl (C=O) groups excluding carboxylic acids is 1. The molecule has 1 aromatic carbocycles. The zero-order valence-electron chi connectivity index (χ0n) is 11.6. The third kappa shape index (κ3) is 3.35. The van der Waals surface area contributed by atoms with Gasteiger partial charge < -0.3 is 14.7 Å². The molecular formula is C13H13BrN2O6. The van der Waals surface area contributed by atoms with E-state index in [0.29, 0.717) is 24.0 Å². The van der Waals surface area contributed by atoms with Crippen LogP contribution in [-0.2, 0) is 4.79 Å². The number of rotatable bonds is 4. The van der Waals surface area contributed by atoms with E-state index in [0.717, 1.165) is 12.1 Å². The van der Waals surface area contributed by atoms with E-state index >= 15 is 0 Å². The Kier molecular flexibility index (Phi) is 4.65. The molecule has 9 heteroatoms. The van der Waals surface area contributed by atoms with Gasteiger partial charge >= 0.3 is 5.97 Å². The maximum Gasteiger partial charge on any atom is 0.342 e. The average Bonchev–Trinajstić information content (AvgIpc) is 2.89. The molecule has 118 valence electrons. The van der Waals surface area contributed by atoms with E-state index in [1.165, 1.54) is 6.92 Å². The van der Waals surface area contributed by atoms with Gasteiger partial charge in [0.15, 0.2) is 0 Å². The average molecular weight is 373 g/mol. The summed E-state index contributed by atoms with van der Waals surface area (Å²) in [7, 11) is 0. The molecule has 8 nitrogen and oxygen atoms in total. The first-order valence-corrected chi connectivity index (χ1v) is 7.22. The Hall–Kier alpha value is -2.16. The molecule has 1 amide bonds. The fraction of sp³-hybridized carbons (Fsp3) is 0.385. The van der Waals surface area contributed by atoms with Crippen LogP contribution < -0.4 is 4.74 Å². The molecule has 0 aromatic heterocycles. The second-order valence-electron chi connectivity index (χ2n) is 4.86. The summed E-state index contributed by atoms with van der Waals surface area (Å²) in [5, 5.41) is 20.0. The van der Waals surface area contributed by atoms with Crippen LogP contribution in [0.1, 0.15) is 23.7 Å². The SMILES string of the molecule is CC(=O)N1CCC(Oc2cc(C(=O)O)c([N+](=O)[O-])cc2Br)C1. The number of hydrogen-bond acceptors (Lipinski definition) is 5. The molecule has 1 aromatic rings. The number of aromatic carboxylic acids is 1. The van der Waals surface area contributed by atoms with Crippen molar-refractivity contribution in [1.29, 1.82) is 0 Å². The number of carbonyl (C=O) groups is 2. The Morgan fingerprint density at radius 2 is 2.18 bits per heavy atom. The number of nitrogens with zero attached hydrogens (tertiary/aromatic N) is 2. The van der Waals surface area contributed by atoms with Crippen LogP contribution in [0.3, 0.4) is 0 Å². The molecule has 2 rings (SSSR count). The van der Waals surface area contributed by atoms with Gasteiger partial charge in [0.2, 0.25) is 5.91 Å². The standard InChI is InChI=1S/C13H13BrN2O6/c1-7(17)15-3-2-8(6-15)22-12-4-9(13(18)19)11(16(20)21)5-10(12)14/h4-5,8H,2-3,6H2,1H3,(H,18,19). The summed E-state index contributed by atoms with van der Waals surface area (Å²) >= 11 is 3.15. The summed E-state index contributed by atoms with van der Waals surface area (Å²) in [6.07, 6.45) is 0.342. The Labute approximate surface area is 133 Å². The minimum absolute atomic E-state index is 0.0555. The number of hydrogen-bond donors (Lipinski definition) is 1. The first-order chi connectivity index (χ1) is 10.3. The van der Waals surface area contributed by atoms with Crippen molar-refractivity contribution >= 4 is 33.5 Å². The molecular weight excluding hydrogens is 360 g/mol. The van der Waals surface area contributed by atoms with Crippen LogP contribution in [0, 0.1) is 10.1 Å². The molecule has 1 unspecified atom stereocenters. The van der Waals surface area contributed by atoms with E-state index in [2.05, 4.69) is 15.9 Å². The number of likely N-dealkylation sites (tertiary alicyclic amines) is 1. The molecule has 1 fully saturated rings. The molecule has 0 spiro atoms. The molecule has 1 saturated heterocycles. The topological polar surface area (TPSA) is 110 Å². The monoisotopic (exact) mass is 372 g/mol. The highest BCUT2D eigenvalue weighted by Crippen LogP contribution is 2.34. The van der Waals surface area contributed by atoms with Crippen LogP contribution in [0.15, 0.2) is 16.6 Å². The minimum Gasteiger partial charge on any atom is -0.487 e. The van der Waals surface area contributed by atoms with Crippen molar-refractivity contribution in [3.8, 4) is 5.75 Å². The van der Waals surface area contributed by atoms with Gasteiger partial charge in [-0.15, -0.1) is 0 Å². The molecule has 0 radical (unpaired) electrons. The van der Waals surface area contributed by atoms with Crippen molar-refractivity contribution in [1.82, 2.24) is 4.90 Å². The van der Waals surface area contributed by atoms with Crippen molar-refractivity contribution in [2.24, 2.45) is 0 Å². The highest BCUT2D eigenvalue weighted by molar-refractivity contribution is 9.10. The van der Waals surface area contributed by atoms with Crippen molar-refractivity contribution in [2.45, 2.75) is 19.4 Å². The predicted octanol–water partition coefficient (Wildman–Crippen LogP) is 2.06. The lowest BCUT2D eigenvalue weighted by Gasteiger charge is -2.16. The maximum atomic E-state index is 11.3. The Bertz CT molecular complexity index is 648. The van der Waals surface area contributed by atoms with Crippen LogP contribution in [-0.4, -0.2) is 46.0 Å². The molecule has 0 bridgehead atoms. The molecule has 0 aliphatic carbocycles.